The van der Waals surface area contributed by atoms with E-state index in [-0.39, 0.29) is 0 Å². The Balaban J connectivity index is 2.31. The van der Waals surface area contributed by atoms with Gasteiger partial charge in [0.25, 0.3) is 0 Å². The van der Waals surface area contributed by atoms with E-state index in [1.165, 1.54) is 11.1 Å². The van der Waals surface area contributed by atoms with E-state index in [0.717, 1.165) is 22.0 Å². The van der Waals surface area contributed by atoms with Gasteiger partial charge in [-0.25, -0.2) is 0 Å². The molecule has 1 N–H and O–H groups in total. The van der Waals surface area contributed by atoms with Crippen LogP contribution in [0, 0.1) is 0 Å². The summed E-state index contributed by atoms with van der Waals surface area (Å²) < 4.78 is 0.772. The van der Waals surface area contributed by atoms with Gasteiger partial charge >= 0.3 is 0 Å². The average molecular weight is 261 g/mol. The molecule has 0 bridgehead atoms. The number of aromatic hydroxyl groups is 1. The van der Waals surface area contributed by atoms with Gasteiger partial charge in [0.05, 0.1) is 4.47 Å². The van der Waals surface area contributed by atoms with Crippen molar-refractivity contribution in [3.05, 3.63) is 52.0 Å². The van der Waals surface area contributed by atoms with E-state index < -0.39 is 0 Å². The topological polar surface area (TPSA) is 20.2 Å². The normalized spacial score (nSPS) is 12.3. The van der Waals surface area contributed by atoms with Crippen LogP contribution in [0.5, 0.6) is 5.75 Å². The highest BCUT2D eigenvalue weighted by molar-refractivity contribution is 9.10. The highest BCUT2D eigenvalue weighted by Gasteiger charge is 2.21. The third-order valence-corrected chi connectivity index (χ3v) is 3.55. The van der Waals surface area contributed by atoms with E-state index in [2.05, 4.69) is 34.1 Å². The second kappa shape index (κ2) is 3.11. The van der Waals surface area contributed by atoms with Crippen LogP contribution in [0.4, 0.5) is 0 Å². The number of phenolic OH excluding ortho intramolecular Hbond substituents is 1. The molecule has 0 saturated carbocycles. The molecule has 2 aromatic rings. The first kappa shape index (κ1) is 8.98. The maximum absolute atomic E-state index is 9.94. The third kappa shape index (κ3) is 1.21. The van der Waals surface area contributed by atoms with Crippen molar-refractivity contribution in [2.75, 3.05) is 0 Å². The van der Waals surface area contributed by atoms with Gasteiger partial charge in [0.15, 0.2) is 0 Å². The van der Waals surface area contributed by atoms with E-state index in [9.17, 15) is 5.11 Å². The van der Waals surface area contributed by atoms with Gasteiger partial charge in [-0.15, -0.1) is 0 Å². The summed E-state index contributed by atoms with van der Waals surface area (Å²) in [7, 11) is 0. The summed E-state index contributed by atoms with van der Waals surface area (Å²) >= 11 is 3.34. The summed E-state index contributed by atoms with van der Waals surface area (Å²) in [4.78, 5) is 0. The van der Waals surface area contributed by atoms with Crippen molar-refractivity contribution in [2.24, 2.45) is 0 Å². The number of rotatable bonds is 0. The molecule has 74 valence electrons. The Labute approximate surface area is 96.5 Å². The summed E-state index contributed by atoms with van der Waals surface area (Å²) in [6, 6.07) is 12.3. The number of fused-ring (bicyclic) bond motifs is 3. The van der Waals surface area contributed by atoms with E-state index in [1.54, 1.807) is 0 Å². The Kier molecular flexibility index (Phi) is 1.86. The first-order valence-corrected chi connectivity index (χ1v) is 5.65. The van der Waals surface area contributed by atoms with Crippen LogP contribution in [-0.4, -0.2) is 5.11 Å². The maximum Gasteiger partial charge on any atom is 0.133 e. The Bertz CT molecular complexity index is 546. The standard InChI is InChI=1S/C13H9BrO/c14-12-6-5-10-9-4-2-1-3-8(9)7-11(10)13(12)15/h1-6,15H,7H2. The van der Waals surface area contributed by atoms with E-state index in [1.807, 2.05) is 18.2 Å². The number of hydrogen-bond acceptors (Lipinski definition) is 1. The van der Waals surface area contributed by atoms with Crippen LogP contribution in [-0.2, 0) is 6.42 Å². The van der Waals surface area contributed by atoms with Crippen molar-refractivity contribution in [3.63, 3.8) is 0 Å². The molecule has 0 aromatic heterocycles. The van der Waals surface area contributed by atoms with Gasteiger partial charge in [-0.2, -0.15) is 0 Å². The largest absolute Gasteiger partial charge is 0.506 e. The SMILES string of the molecule is Oc1c(Br)ccc2c1Cc1ccccc1-2. The van der Waals surface area contributed by atoms with Crippen LogP contribution in [0.2, 0.25) is 0 Å². The van der Waals surface area contributed by atoms with Gasteiger partial charge in [-0.3, -0.25) is 0 Å². The Morgan fingerprint density at radius 2 is 1.80 bits per heavy atom. The average Bonchev–Trinajstić information content (AvgIpc) is 2.63. The zero-order valence-corrected chi connectivity index (χ0v) is 9.58. The summed E-state index contributed by atoms with van der Waals surface area (Å²) in [6.45, 7) is 0. The molecule has 0 spiro atoms. The molecule has 2 aromatic carbocycles. The van der Waals surface area contributed by atoms with Gasteiger partial charge in [-0.05, 0) is 38.7 Å². The summed E-state index contributed by atoms with van der Waals surface area (Å²) in [5.41, 5.74) is 4.73. The van der Waals surface area contributed by atoms with Gasteiger partial charge in [0.1, 0.15) is 5.75 Å². The number of benzene rings is 2. The van der Waals surface area contributed by atoms with E-state index in [0.29, 0.717) is 5.75 Å². The number of hydrogen-bond donors (Lipinski definition) is 1. The molecule has 1 aliphatic rings. The monoisotopic (exact) mass is 260 g/mol. The van der Waals surface area contributed by atoms with Crippen LogP contribution in [0.1, 0.15) is 11.1 Å². The summed E-state index contributed by atoms with van der Waals surface area (Å²) in [6.07, 6.45) is 0.830. The molecule has 15 heavy (non-hydrogen) atoms. The van der Waals surface area contributed by atoms with Crippen molar-refractivity contribution in [3.8, 4) is 16.9 Å². The van der Waals surface area contributed by atoms with Crippen LogP contribution in [0.15, 0.2) is 40.9 Å². The van der Waals surface area contributed by atoms with Crippen molar-refractivity contribution < 1.29 is 5.11 Å². The van der Waals surface area contributed by atoms with Crippen molar-refractivity contribution in [1.29, 1.82) is 0 Å². The van der Waals surface area contributed by atoms with Crippen LogP contribution < -0.4 is 0 Å². The molecular formula is C13H9BrO. The second-order valence-corrected chi connectivity index (χ2v) is 4.61. The second-order valence-electron chi connectivity index (χ2n) is 3.76. The molecule has 3 rings (SSSR count). The fraction of sp³-hybridized carbons (Fsp3) is 0.0769. The number of phenols is 1. The Hall–Kier alpha value is -1.28. The predicted octanol–water partition coefficient (Wildman–Crippen LogP) is 3.73. The molecule has 0 unspecified atom stereocenters. The zero-order chi connectivity index (χ0) is 10.4. The van der Waals surface area contributed by atoms with Gasteiger partial charge < -0.3 is 5.11 Å². The molecule has 1 nitrogen and oxygen atoms in total. The highest BCUT2D eigenvalue weighted by atomic mass is 79.9. The lowest BCUT2D eigenvalue weighted by atomic mass is 10.1. The molecule has 0 atom stereocenters. The lowest BCUT2D eigenvalue weighted by Gasteiger charge is -2.04. The molecule has 0 heterocycles. The van der Waals surface area contributed by atoms with Gasteiger partial charge in [0, 0.05) is 12.0 Å². The van der Waals surface area contributed by atoms with Gasteiger partial charge in [-0.1, -0.05) is 30.3 Å². The van der Waals surface area contributed by atoms with Gasteiger partial charge in [0.2, 0.25) is 0 Å². The quantitative estimate of drug-likeness (QED) is 0.653. The maximum atomic E-state index is 9.94. The van der Waals surface area contributed by atoms with E-state index in [4.69, 9.17) is 0 Å². The number of halogens is 1. The molecule has 0 saturated heterocycles. The minimum atomic E-state index is 0.378. The zero-order valence-electron chi connectivity index (χ0n) is 8.00. The summed E-state index contributed by atoms with van der Waals surface area (Å²) in [5, 5.41) is 9.94. The lowest BCUT2D eigenvalue weighted by molar-refractivity contribution is 0.467. The summed E-state index contributed by atoms with van der Waals surface area (Å²) in [5.74, 6) is 0.378. The van der Waals surface area contributed by atoms with E-state index >= 15 is 0 Å². The smallest absolute Gasteiger partial charge is 0.133 e. The highest BCUT2D eigenvalue weighted by Crippen LogP contribution is 2.43. The third-order valence-electron chi connectivity index (χ3n) is 2.91. The minimum Gasteiger partial charge on any atom is -0.506 e. The first-order chi connectivity index (χ1) is 7.27. The molecule has 0 aliphatic heterocycles. The Morgan fingerprint density at radius 3 is 2.67 bits per heavy atom. The molecule has 0 amide bonds. The predicted molar refractivity (Wildman–Crippen MR) is 64.0 cm³/mol. The molecule has 1 aliphatic carbocycles. The molecular weight excluding hydrogens is 252 g/mol. The van der Waals surface area contributed by atoms with Crippen LogP contribution in [0.3, 0.4) is 0 Å². The molecule has 0 fully saturated rings. The van der Waals surface area contributed by atoms with Crippen LogP contribution >= 0.6 is 15.9 Å². The molecule has 0 radical (unpaired) electrons. The first-order valence-electron chi connectivity index (χ1n) is 4.86. The van der Waals surface area contributed by atoms with Crippen LogP contribution in [0.25, 0.3) is 11.1 Å². The van der Waals surface area contributed by atoms with Crippen molar-refractivity contribution >= 4 is 15.9 Å². The fourth-order valence-electron chi connectivity index (χ4n) is 2.17. The molecule has 2 heteroatoms. The Morgan fingerprint density at radius 1 is 1.00 bits per heavy atom. The minimum absolute atomic E-state index is 0.378. The lowest BCUT2D eigenvalue weighted by Crippen LogP contribution is -1.82. The van der Waals surface area contributed by atoms with Crippen molar-refractivity contribution in [1.82, 2.24) is 0 Å². The van der Waals surface area contributed by atoms with Crippen molar-refractivity contribution in [2.45, 2.75) is 6.42 Å². The fourth-order valence-corrected chi connectivity index (χ4v) is 2.54.